The van der Waals surface area contributed by atoms with E-state index in [1.165, 1.54) is 6.07 Å². The molecule has 0 amide bonds. The van der Waals surface area contributed by atoms with Crippen LogP contribution in [-0.2, 0) is 10.0 Å². The molecule has 0 saturated carbocycles. The predicted octanol–water partition coefficient (Wildman–Crippen LogP) is 4.41. The molecule has 1 N–H and O–H groups in total. The van der Waals surface area contributed by atoms with Gasteiger partial charge in [-0.05, 0) is 58.5 Å². The summed E-state index contributed by atoms with van der Waals surface area (Å²) in [7, 11) is -3.60. The molecule has 0 bridgehead atoms. The summed E-state index contributed by atoms with van der Waals surface area (Å²) in [6.45, 7) is 5.28. The molecule has 2 atom stereocenters. The number of nitrogens with zero attached hydrogens (tertiary/aromatic N) is 1. The van der Waals surface area contributed by atoms with Crippen molar-refractivity contribution in [1.82, 2.24) is 4.31 Å². The maximum absolute atomic E-state index is 13.1. The van der Waals surface area contributed by atoms with E-state index in [1.54, 1.807) is 22.5 Å². The highest BCUT2D eigenvalue weighted by Crippen LogP contribution is 2.27. The summed E-state index contributed by atoms with van der Waals surface area (Å²) >= 11 is 3.44. The van der Waals surface area contributed by atoms with Gasteiger partial charge in [-0.25, -0.2) is 8.42 Å². The van der Waals surface area contributed by atoms with Gasteiger partial charge in [0.2, 0.25) is 10.0 Å². The van der Waals surface area contributed by atoms with E-state index < -0.39 is 10.0 Å². The summed E-state index contributed by atoms with van der Waals surface area (Å²) in [5.41, 5.74) is 1.20. The zero-order valence-electron chi connectivity index (χ0n) is 16.1. The third-order valence-electron chi connectivity index (χ3n) is 4.94. The van der Waals surface area contributed by atoms with Crippen molar-refractivity contribution < 1.29 is 13.2 Å². The molecule has 1 saturated heterocycles. The van der Waals surface area contributed by atoms with Crippen molar-refractivity contribution in [2.75, 3.05) is 25.0 Å². The third kappa shape index (κ3) is 4.82. The molecule has 3 rings (SSSR count). The molecule has 2 unspecified atom stereocenters. The van der Waals surface area contributed by atoms with Crippen molar-refractivity contribution in [3.63, 3.8) is 0 Å². The molecule has 0 radical (unpaired) electrons. The molecular formula is C21H25BrN2O3S. The van der Waals surface area contributed by atoms with Gasteiger partial charge >= 0.3 is 0 Å². The van der Waals surface area contributed by atoms with Crippen LogP contribution < -0.4 is 5.32 Å². The third-order valence-corrected chi connectivity index (χ3v) is 7.46. The van der Waals surface area contributed by atoms with Gasteiger partial charge in [-0.3, -0.25) is 4.79 Å². The minimum absolute atomic E-state index is 0.0872. The van der Waals surface area contributed by atoms with Gasteiger partial charge in [-0.1, -0.05) is 38.1 Å². The number of carbonyl (C=O) groups excluding carboxylic acids is 1. The van der Waals surface area contributed by atoms with E-state index in [-0.39, 0.29) is 17.2 Å². The quantitative estimate of drug-likeness (QED) is 0.642. The average Bonchev–Trinajstić information content (AvgIpc) is 2.66. The Morgan fingerprint density at radius 1 is 1.11 bits per heavy atom. The number of Topliss-reactive ketones (excluding diaryl/α,β-unsaturated/α-hetero) is 1. The van der Waals surface area contributed by atoms with Crippen LogP contribution in [0.2, 0.25) is 0 Å². The van der Waals surface area contributed by atoms with Crippen LogP contribution >= 0.6 is 15.9 Å². The van der Waals surface area contributed by atoms with Crippen molar-refractivity contribution >= 4 is 37.4 Å². The molecule has 1 fully saturated rings. The molecule has 5 nitrogen and oxygen atoms in total. The number of piperidine rings is 1. The maximum Gasteiger partial charge on any atom is 0.243 e. The SMILES string of the molecule is CC1CC(C)CN(S(=O)(=O)c2cccc(C(=O)CNc3ccccc3Br)c2)C1. The summed E-state index contributed by atoms with van der Waals surface area (Å²) in [4.78, 5) is 12.8. The number of ketones is 1. The Kier molecular flexibility index (Phi) is 6.58. The van der Waals surface area contributed by atoms with Crippen LogP contribution in [0.25, 0.3) is 0 Å². The molecule has 0 aliphatic carbocycles. The highest BCUT2D eigenvalue weighted by atomic mass is 79.9. The lowest BCUT2D eigenvalue weighted by Gasteiger charge is -2.34. The highest BCUT2D eigenvalue weighted by Gasteiger charge is 2.31. The minimum atomic E-state index is -3.60. The molecule has 1 aliphatic rings. The minimum Gasteiger partial charge on any atom is -0.377 e. The van der Waals surface area contributed by atoms with Crippen LogP contribution in [0.1, 0.15) is 30.6 Å². The van der Waals surface area contributed by atoms with Gasteiger partial charge in [0.25, 0.3) is 0 Å². The molecule has 150 valence electrons. The lowest BCUT2D eigenvalue weighted by Crippen LogP contribution is -2.42. The second-order valence-corrected chi connectivity index (χ2v) is 10.3. The van der Waals surface area contributed by atoms with Crippen molar-refractivity contribution in [2.24, 2.45) is 11.8 Å². The number of nitrogens with one attached hydrogen (secondary N) is 1. The van der Waals surface area contributed by atoms with Gasteiger partial charge in [0.05, 0.1) is 11.4 Å². The average molecular weight is 465 g/mol. The largest absolute Gasteiger partial charge is 0.377 e. The summed E-state index contributed by atoms with van der Waals surface area (Å²) in [5, 5.41) is 3.09. The normalized spacial score (nSPS) is 20.7. The van der Waals surface area contributed by atoms with Crippen molar-refractivity contribution in [1.29, 1.82) is 0 Å². The number of anilines is 1. The Bertz CT molecular complexity index is 952. The van der Waals surface area contributed by atoms with Crippen LogP contribution in [0.15, 0.2) is 57.9 Å². The van der Waals surface area contributed by atoms with Crippen LogP contribution in [0.5, 0.6) is 0 Å². The van der Waals surface area contributed by atoms with Gasteiger partial charge in [0, 0.05) is 28.8 Å². The Balaban J connectivity index is 1.76. The van der Waals surface area contributed by atoms with E-state index in [1.807, 2.05) is 24.3 Å². The second kappa shape index (κ2) is 8.76. The lowest BCUT2D eigenvalue weighted by molar-refractivity contribution is 0.101. The topological polar surface area (TPSA) is 66.5 Å². The van der Waals surface area contributed by atoms with Crippen molar-refractivity contribution in [3.8, 4) is 0 Å². The Morgan fingerprint density at radius 2 is 1.79 bits per heavy atom. The molecule has 28 heavy (non-hydrogen) atoms. The van der Waals surface area contributed by atoms with Gasteiger partial charge < -0.3 is 5.32 Å². The van der Waals surface area contributed by atoms with Crippen LogP contribution in [0, 0.1) is 11.8 Å². The zero-order chi connectivity index (χ0) is 20.3. The molecule has 2 aromatic carbocycles. The fraction of sp³-hybridized carbons (Fsp3) is 0.381. The van der Waals surface area contributed by atoms with Gasteiger partial charge in [-0.15, -0.1) is 0 Å². The smallest absolute Gasteiger partial charge is 0.243 e. The first-order valence-electron chi connectivity index (χ1n) is 9.39. The molecule has 2 aromatic rings. The van der Waals surface area contributed by atoms with Crippen LogP contribution in [0.4, 0.5) is 5.69 Å². The summed E-state index contributed by atoms with van der Waals surface area (Å²) in [6, 6.07) is 13.9. The standard InChI is InChI=1S/C21H25BrN2O3S/c1-15-10-16(2)14-24(13-15)28(26,27)18-7-5-6-17(11-18)21(25)12-23-20-9-4-3-8-19(20)22/h3-9,11,15-16,23H,10,12-14H2,1-2H3. The van der Waals surface area contributed by atoms with Crippen molar-refractivity contribution in [3.05, 3.63) is 58.6 Å². The van der Waals surface area contributed by atoms with E-state index >= 15 is 0 Å². The van der Waals surface area contributed by atoms with Gasteiger partial charge in [0.1, 0.15) is 0 Å². The maximum atomic E-state index is 13.1. The molecule has 1 aliphatic heterocycles. The number of halogens is 1. The molecule has 0 aromatic heterocycles. The van der Waals surface area contributed by atoms with Crippen molar-refractivity contribution in [2.45, 2.75) is 25.2 Å². The van der Waals surface area contributed by atoms with E-state index in [9.17, 15) is 13.2 Å². The Hall–Kier alpha value is -1.70. The van der Waals surface area contributed by atoms with E-state index in [0.29, 0.717) is 30.5 Å². The van der Waals surface area contributed by atoms with E-state index in [4.69, 9.17) is 0 Å². The fourth-order valence-electron chi connectivity index (χ4n) is 3.66. The molecule has 7 heteroatoms. The summed E-state index contributed by atoms with van der Waals surface area (Å²) in [5.74, 6) is 0.502. The second-order valence-electron chi connectivity index (χ2n) is 7.55. The van der Waals surface area contributed by atoms with Gasteiger partial charge in [0.15, 0.2) is 5.78 Å². The van der Waals surface area contributed by atoms with Crippen LogP contribution in [0.3, 0.4) is 0 Å². The first kappa shape index (κ1) is 21.0. The molecule has 1 heterocycles. The number of rotatable bonds is 6. The molecule has 0 spiro atoms. The first-order chi connectivity index (χ1) is 13.3. The number of hydrogen-bond donors (Lipinski definition) is 1. The predicted molar refractivity (Wildman–Crippen MR) is 115 cm³/mol. The van der Waals surface area contributed by atoms with E-state index in [2.05, 4.69) is 35.1 Å². The summed E-state index contributed by atoms with van der Waals surface area (Å²) < 4.78 is 28.6. The Morgan fingerprint density at radius 3 is 2.46 bits per heavy atom. The molecular weight excluding hydrogens is 440 g/mol. The highest BCUT2D eigenvalue weighted by molar-refractivity contribution is 9.10. The first-order valence-corrected chi connectivity index (χ1v) is 11.6. The summed E-state index contributed by atoms with van der Waals surface area (Å²) in [6.07, 6.45) is 1.03. The fourth-order valence-corrected chi connectivity index (χ4v) is 5.81. The Labute approximate surface area is 175 Å². The monoisotopic (exact) mass is 464 g/mol. The number of para-hydroxylation sites is 1. The number of benzene rings is 2. The number of carbonyl (C=O) groups is 1. The van der Waals surface area contributed by atoms with E-state index in [0.717, 1.165) is 16.6 Å². The lowest BCUT2D eigenvalue weighted by atomic mass is 9.94. The van der Waals surface area contributed by atoms with Gasteiger partial charge in [-0.2, -0.15) is 4.31 Å². The zero-order valence-corrected chi connectivity index (χ0v) is 18.5. The number of hydrogen-bond acceptors (Lipinski definition) is 4. The van der Waals surface area contributed by atoms with Crippen LogP contribution in [-0.4, -0.2) is 38.1 Å². The number of sulfonamides is 1.